The summed E-state index contributed by atoms with van der Waals surface area (Å²) in [5.41, 5.74) is 2.06. The summed E-state index contributed by atoms with van der Waals surface area (Å²) in [6.07, 6.45) is 0. The van der Waals surface area contributed by atoms with Gasteiger partial charge in [-0.2, -0.15) is 0 Å². The van der Waals surface area contributed by atoms with E-state index in [0.717, 1.165) is 5.56 Å². The van der Waals surface area contributed by atoms with E-state index < -0.39 is 11.6 Å². The first-order chi connectivity index (χ1) is 10.6. The summed E-state index contributed by atoms with van der Waals surface area (Å²) in [6.45, 7) is 3.52. The van der Waals surface area contributed by atoms with Crippen LogP contribution in [-0.2, 0) is 11.3 Å². The summed E-state index contributed by atoms with van der Waals surface area (Å²) < 4.78 is 33.0. The molecule has 5 heteroatoms. The zero-order valence-corrected chi connectivity index (χ0v) is 12.2. The minimum absolute atomic E-state index is 0.00559. The van der Waals surface area contributed by atoms with Crippen molar-refractivity contribution in [2.75, 3.05) is 13.2 Å². The first kappa shape index (κ1) is 14.5. The van der Waals surface area contributed by atoms with Crippen molar-refractivity contribution in [3.63, 3.8) is 0 Å². The molecule has 0 aromatic heterocycles. The van der Waals surface area contributed by atoms with Gasteiger partial charge in [-0.3, -0.25) is 5.01 Å². The smallest absolute Gasteiger partial charge is 0.244 e. The Morgan fingerprint density at radius 2 is 1.77 bits per heavy atom. The summed E-state index contributed by atoms with van der Waals surface area (Å²) >= 11 is 0. The van der Waals surface area contributed by atoms with E-state index in [4.69, 9.17) is 4.74 Å². The first-order valence-corrected chi connectivity index (χ1v) is 7.10. The minimum atomic E-state index is -0.670. The second-order valence-corrected chi connectivity index (χ2v) is 5.22. The lowest BCUT2D eigenvalue weighted by molar-refractivity contribution is 0.160. The van der Waals surface area contributed by atoms with Gasteiger partial charge in [-0.05, 0) is 24.6 Å². The molecule has 0 fully saturated rings. The van der Waals surface area contributed by atoms with Crippen molar-refractivity contribution in [3.05, 3.63) is 70.8 Å². The molecule has 0 radical (unpaired) electrons. The zero-order chi connectivity index (χ0) is 15.5. The Hall–Kier alpha value is -2.43. The Kier molecular flexibility index (Phi) is 4.04. The molecule has 1 aliphatic rings. The van der Waals surface area contributed by atoms with E-state index in [1.54, 1.807) is 5.01 Å². The fraction of sp³-hybridized carbons (Fsp3) is 0.235. The van der Waals surface area contributed by atoms with Crippen molar-refractivity contribution in [2.45, 2.75) is 13.5 Å². The molecular formula is C17H16F2N2O. The highest BCUT2D eigenvalue weighted by atomic mass is 19.1. The largest absolute Gasteiger partial charge is 0.474 e. The molecule has 0 amide bonds. The number of nitrogens with zero attached hydrogens (tertiary/aromatic N) is 2. The second-order valence-electron chi connectivity index (χ2n) is 5.22. The van der Waals surface area contributed by atoms with Crippen molar-refractivity contribution >= 4 is 5.90 Å². The predicted octanol–water partition coefficient (Wildman–Crippen LogP) is 3.47. The van der Waals surface area contributed by atoms with Crippen LogP contribution in [-0.4, -0.2) is 24.1 Å². The molecular weight excluding hydrogens is 286 g/mol. The Balaban J connectivity index is 1.84. The first-order valence-electron chi connectivity index (χ1n) is 7.10. The molecule has 114 valence electrons. The molecule has 22 heavy (non-hydrogen) atoms. The van der Waals surface area contributed by atoms with Crippen LogP contribution in [0.4, 0.5) is 8.78 Å². The number of benzene rings is 2. The third-order valence-electron chi connectivity index (χ3n) is 3.48. The molecule has 0 spiro atoms. The lowest BCUT2D eigenvalue weighted by atomic mass is 10.1. The monoisotopic (exact) mass is 302 g/mol. The molecule has 3 rings (SSSR count). The predicted molar refractivity (Wildman–Crippen MR) is 80.4 cm³/mol. The van der Waals surface area contributed by atoms with E-state index in [1.807, 2.05) is 31.2 Å². The number of ether oxygens (including phenoxy) is 1. The maximum Gasteiger partial charge on any atom is 0.244 e. The Morgan fingerprint density at radius 3 is 2.45 bits per heavy atom. The maximum atomic E-state index is 13.8. The Morgan fingerprint density at radius 1 is 1.09 bits per heavy atom. The van der Waals surface area contributed by atoms with Crippen molar-refractivity contribution < 1.29 is 13.5 Å². The van der Waals surface area contributed by atoms with Crippen LogP contribution in [0.2, 0.25) is 0 Å². The maximum absolute atomic E-state index is 13.8. The second kappa shape index (κ2) is 6.13. The third-order valence-corrected chi connectivity index (χ3v) is 3.48. The molecule has 0 unspecified atom stereocenters. The molecule has 0 bridgehead atoms. The highest BCUT2D eigenvalue weighted by Gasteiger charge is 2.21. The van der Waals surface area contributed by atoms with Crippen LogP contribution in [0, 0.1) is 18.6 Å². The Bertz CT molecular complexity index is 678. The molecule has 2 aromatic rings. The summed E-state index contributed by atoms with van der Waals surface area (Å²) in [6, 6.07) is 11.8. The van der Waals surface area contributed by atoms with Crippen molar-refractivity contribution in [3.8, 4) is 0 Å². The number of rotatable bonds is 3. The molecule has 0 saturated heterocycles. The number of halogens is 2. The number of hydrazone groups is 1. The van der Waals surface area contributed by atoms with Gasteiger partial charge in [0.25, 0.3) is 0 Å². The lowest BCUT2D eigenvalue weighted by Crippen LogP contribution is -2.31. The quantitative estimate of drug-likeness (QED) is 0.867. The summed E-state index contributed by atoms with van der Waals surface area (Å²) in [4.78, 5) is 0. The van der Waals surface area contributed by atoms with Gasteiger partial charge < -0.3 is 4.74 Å². The Labute approximate surface area is 127 Å². The van der Waals surface area contributed by atoms with E-state index in [1.165, 1.54) is 23.8 Å². The standard InChI is InChI=1S/C17H16F2N2O/c1-12-5-7-13(8-6-12)11-21-9-10-22-17(20-21)16-14(18)3-2-4-15(16)19/h2-8H,9-11H2,1H3. The van der Waals surface area contributed by atoms with Gasteiger partial charge in [0, 0.05) is 0 Å². The van der Waals surface area contributed by atoms with Crippen molar-refractivity contribution in [1.29, 1.82) is 0 Å². The van der Waals surface area contributed by atoms with Crippen molar-refractivity contribution in [1.82, 2.24) is 5.01 Å². The molecule has 0 saturated carbocycles. The van der Waals surface area contributed by atoms with Crippen LogP contribution >= 0.6 is 0 Å². The molecule has 1 aliphatic heterocycles. The van der Waals surface area contributed by atoms with Gasteiger partial charge in [-0.25, -0.2) is 8.78 Å². The molecule has 1 heterocycles. The SMILES string of the molecule is Cc1ccc(CN2CCOC(c3c(F)cccc3F)=N2)cc1. The minimum Gasteiger partial charge on any atom is -0.474 e. The fourth-order valence-corrected chi connectivity index (χ4v) is 2.30. The summed E-state index contributed by atoms with van der Waals surface area (Å²) in [5.74, 6) is -1.35. The number of aryl methyl sites for hydroxylation is 1. The average molecular weight is 302 g/mol. The van der Waals surface area contributed by atoms with Gasteiger partial charge >= 0.3 is 0 Å². The van der Waals surface area contributed by atoms with E-state index in [2.05, 4.69) is 5.10 Å². The summed E-state index contributed by atoms with van der Waals surface area (Å²) in [5, 5.41) is 6.00. The van der Waals surface area contributed by atoms with Gasteiger partial charge in [0.15, 0.2) is 0 Å². The average Bonchev–Trinajstić information content (AvgIpc) is 2.50. The van der Waals surface area contributed by atoms with Gasteiger partial charge in [0.1, 0.15) is 23.8 Å². The molecule has 0 aliphatic carbocycles. The van der Waals surface area contributed by atoms with Crippen LogP contribution in [0.3, 0.4) is 0 Å². The van der Waals surface area contributed by atoms with Crippen LogP contribution in [0.15, 0.2) is 47.6 Å². The normalized spacial score (nSPS) is 14.5. The van der Waals surface area contributed by atoms with Crippen LogP contribution < -0.4 is 0 Å². The van der Waals surface area contributed by atoms with Gasteiger partial charge in [-0.15, -0.1) is 5.10 Å². The lowest BCUT2D eigenvalue weighted by Gasteiger charge is -2.26. The fourth-order valence-electron chi connectivity index (χ4n) is 2.30. The number of hydrogen-bond donors (Lipinski definition) is 0. The van der Waals surface area contributed by atoms with E-state index in [9.17, 15) is 8.78 Å². The highest BCUT2D eigenvalue weighted by molar-refractivity contribution is 5.94. The summed E-state index contributed by atoms with van der Waals surface area (Å²) in [7, 11) is 0. The third kappa shape index (κ3) is 3.08. The van der Waals surface area contributed by atoms with Gasteiger partial charge in [-0.1, -0.05) is 35.9 Å². The number of hydrogen-bond acceptors (Lipinski definition) is 3. The zero-order valence-electron chi connectivity index (χ0n) is 12.2. The van der Waals surface area contributed by atoms with E-state index in [-0.39, 0.29) is 11.5 Å². The van der Waals surface area contributed by atoms with Crippen LogP contribution in [0.5, 0.6) is 0 Å². The molecule has 2 aromatic carbocycles. The van der Waals surface area contributed by atoms with Gasteiger partial charge in [0.2, 0.25) is 5.90 Å². The van der Waals surface area contributed by atoms with Crippen molar-refractivity contribution in [2.24, 2.45) is 5.10 Å². The topological polar surface area (TPSA) is 24.8 Å². The molecule has 0 N–H and O–H groups in total. The molecule has 3 nitrogen and oxygen atoms in total. The highest BCUT2D eigenvalue weighted by Crippen LogP contribution is 2.18. The molecule has 0 atom stereocenters. The van der Waals surface area contributed by atoms with Gasteiger partial charge in [0.05, 0.1) is 13.1 Å². The van der Waals surface area contributed by atoms with E-state index >= 15 is 0 Å². The van der Waals surface area contributed by atoms with E-state index in [0.29, 0.717) is 19.7 Å². The van der Waals surface area contributed by atoms with Crippen LogP contribution in [0.25, 0.3) is 0 Å². The van der Waals surface area contributed by atoms with Crippen LogP contribution in [0.1, 0.15) is 16.7 Å².